The highest BCUT2D eigenvalue weighted by molar-refractivity contribution is 7.92. The van der Waals surface area contributed by atoms with Crippen LogP contribution in [0.1, 0.15) is 28.5 Å². The van der Waals surface area contributed by atoms with Crippen LogP contribution >= 0.6 is 22.9 Å². The molecule has 1 aliphatic heterocycles. The Morgan fingerprint density at radius 3 is 2.50 bits per heavy atom. The highest BCUT2D eigenvalue weighted by Crippen LogP contribution is 2.35. The number of amides is 1. The molecule has 5 aromatic rings. The van der Waals surface area contributed by atoms with Gasteiger partial charge in [0, 0.05) is 35.1 Å². The Balaban J connectivity index is 1.34. The van der Waals surface area contributed by atoms with Crippen molar-refractivity contribution < 1.29 is 17.6 Å². The number of hydrogen-bond donors (Lipinski definition) is 0. The number of hydrogen-bond acceptors (Lipinski definition) is 5. The van der Waals surface area contributed by atoms with Gasteiger partial charge in [-0.25, -0.2) is 17.8 Å². The average molecular weight is 592 g/mol. The molecule has 0 aliphatic carbocycles. The summed E-state index contributed by atoms with van der Waals surface area (Å²) >= 11 is 7.86. The number of fused-ring (bicyclic) bond motifs is 1. The van der Waals surface area contributed by atoms with Crippen LogP contribution in [0.2, 0.25) is 5.02 Å². The van der Waals surface area contributed by atoms with Gasteiger partial charge in [-0.1, -0.05) is 66.2 Å². The third-order valence-corrected chi connectivity index (χ3v) is 9.84. The second-order valence-corrected chi connectivity index (χ2v) is 12.8. The first-order valence-corrected chi connectivity index (χ1v) is 15.4. The van der Waals surface area contributed by atoms with Crippen LogP contribution in [0.5, 0.6) is 0 Å². The van der Waals surface area contributed by atoms with Gasteiger partial charge < -0.3 is 4.57 Å². The lowest BCUT2D eigenvalue weighted by Crippen LogP contribution is -2.32. The van der Waals surface area contributed by atoms with Crippen molar-refractivity contribution in [3.63, 3.8) is 0 Å². The molecule has 0 fully saturated rings. The summed E-state index contributed by atoms with van der Waals surface area (Å²) in [6.45, 7) is 0.372. The van der Waals surface area contributed by atoms with E-state index in [1.54, 1.807) is 36.5 Å². The Kier molecular flexibility index (Phi) is 7.04. The maximum absolute atomic E-state index is 13.8. The summed E-state index contributed by atoms with van der Waals surface area (Å²) in [6, 6.07) is 23.7. The standard InChI is InChI=1S/C30H23ClFN3O3S2/c31-24-8-3-1-6-21(24)17-34-18-29(23-7-2-4-9-26(23)34)40(37,38)19-30(36)35-27(20-11-13-22(32)14-12-20)16-25(33-35)28-10-5-15-39-28/h1-15,18,27H,16-17,19H2. The Labute approximate surface area is 239 Å². The molecule has 0 bridgehead atoms. The third-order valence-electron chi connectivity index (χ3n) is 6.93. The van der Waals surface area contributed by atoms with Gasteiger partial charge >= 0.3 is 0 Å². The highest BCUT2D eigenvalue weighted by atomic mass is 35.5. The van der Waals surface area contributed by atoms with Crippen molar-refractivity contribution in [1.29, 1.82) is 0 Å². The van der Waals surface area contributed by atoms with Gasteiger partial charge in [0.25, 0.3) is 5.91 Å². The van der Waals surface area contributed by atoms with Crippen LogP contribution in [0.4, 0.5) is 4.39 Å². The zero-order valence-corrected chi connectivity index (χ0v) is 23.5. The number of para-hydroxylation sites is 1. The van der Waals surface area contributed by atoms with Gasteiger partial charge in [-0.2, -0.15) is 5.10 Å². The van der Waals surface area contributed by atoms with E-state index >= 15 is 0 Å². The van der Waals surface area contributed by atoms with E-state index in [-0.39, 0.29) is 4.90 Å². The lowest BCUT2D eigenvalue weighted by molar-refractivity contribution is -0.130. The van der Waals surface area contributed by atoms with Gasteiger partial charge in [0.15, 0.2) is 9.84 Å². The molecule has 202 valence electrons. The Morgan fingerprint density at radius 1 is 1.00 bits per heavy atom. The monoisotopic (exact) mass is 591 g/mol. The van der Waals surface area contributed by atoms with Gasteiger partial charge in [-0.15, -0.1) is 11.3 Å². The van der Waals surface area contributed by atoms with Crippen LogP contribution in [-0.2, 0) is 21.2 Å². The molecule has 0 N–H and O–H groups in total. The predicted molar refractivity (Wildman–Crippen MR) is 156 cm³/mol. The van der Waals surface area contributed by atoms with Crippen LogP contribution < -0.4 is 0 Å². The van der Waals surface area contributed by atoms with E-state index < -0.39 is 33.4 Å². The summed E-state index contributed by atoms with van der Waals surface area (Å²) in [4.78, 5) is 14.6. The number of sulfone groups is 1. The minimum Gasteiger partial charge on any atom is -0.342 e. The number of carbonyl (C=O) groups is 1. The fourth-order valence-corrected chi connectivity index (χ4v) is 7.31. The molecule has 0 saturated carbocycles. The Bertz CT molecular complexity index is 1850. The zero-order chi connectivity index (χ0) is 27.9. The summed E-state index contributed by atoms with van der Waals surface area (Å²) in [5.74, 6) is -1.80. The van der Waals surface area contributed by atoms with Gasteiger partial charge in [-0.3, -0.25) is 4.79 Å². The maximum Gasteiger partial charge on any atom is 0.258 e. The number of halogens is 2. The van der Waals surface area contributed by atoms with E-state index in [9.17, 15) is 17.6 Å². The second-order valence-electron chi connectivity index (χ2n) is 9.52. The molecule has 40 heavy (non-hydrogen) atoms. The van der Waals surface area contributed by atoms with E-state index in [0.717, 1.165) is 16.0 Å². The molecule has 3 heterocycles. The SMILES string of the molecule is O=C(CS(=O)(=O)c1cn(Cc2ccccc2Cl)c2ccccc12)N1N=C(c2cccs2)CC1c1ccc(F)cc1. The summed E-state index contributed by atoms with van der Waals surface area (Å²) in [5, 5.41) is 8.82. The van der Waals surface area contributed by atoms with Gasteiger partial charge in [0.05, 0.1) is 21.5 Å². The summed E-state index contributed by atoms with van der Waals surface area (Å²) in [6.07, 6.45) is 1.97. The molecular weight excluding hydrogens is 569 g/mol. The largest absolute Gasteiger partial charge is 0.342 e. The number of aromatic nitrogens is 1. The molecule has 0 spiro atoms. The quantitative estimate of drug-likeness (QED) is 0.212. The Hall–Kier alpha value is -3.79. The maximum atomic E-state index is 13.8. The number of thiophene rings is 1. The molecule has 10 heteroatoms. The first-order chi connectivity index (χ1) is 19.3. The van der Waals surface area contributed by atoms with Crippen molar-refractivity contribution in [2.75, 3.05) is 5.75 Å². The molecule has 1 unspecified atom stereocenters. The molecular formula is C30H23ClFN3O3S2. The highest BCUT2D eigenvalue weighted by Gasteiger charge is 2.36. The molecule has 6 rings (SSSR count). The first-order valence-electron chi connectivity index (χ1n) is 12.5. The van der Waals surface area contributed by atoms with Crippen LogP contribution in [-0.4, -0.2) is 35.4 Å². The topological polar surface area (TPSA) is 71.7 Å². The third kappa shape index (κ3) is 5.08. The minimum atomic E-state index is -4.06. The smallest absolute Gasteiger partial charge is 0.258 e. The second kappa shape index (κ2) is 10.6. The van der Waals surface area contributed by atoms with Crippen molar-refractivity contribution in [2.45, 2.75) is 23.9 Å². The van der Waals surface area contributed by atoms with Crippen LogP contribution in [0.3, 0.4) is 0 Å². The van der Waals surface area contributed by atoms with Crippen molar-refractivity contribution in [3.05, 3.63) is 123 Å². The van der Waals surface area contributed by atoms with Gasteiger partial charge in [0.2, 0.25) is 0 Å². The minimum absolute atomic E-state index is 0.0727. The van der Waals surface area contributed by atoms with Crippen LogP contribution in [0, 0.1) is 5.82 Å². The number of rotatable bonds is 7. The van der Waals surface area contributed by atoms with E-state index in [2.05, 4.69) is 5.10 Å². The summed E-state index contributed by atoms with van der Waals surface area (Å²) in [7, 11) is -4.06. The predicted octanol–water partition coefficient (Wildman–Crippen LogP) is 6.70. The normalized spacial score (nSPS) is 15.5. The van der Waals surface area contributed by atoms with E-state index in [0.29, 0.717) is 34.6 Å². The lowest BCUT2D eigenvalue weighted by Gasteiger charge is -2.22. The van der Waals surface area contributed by atoms with E-state index in [4.69, 9.17) is 11.6 Å². The molecule has 2 aromatic heterocycles. The lowest BCUT2D eigenvalue weighted by atomic mass is 10.0. The van der Waals surface area contributed by atoms with Crippen LogP contribution in [0.15, 0.2) is 107 Å². The number of hydrazone groups is 1. The first kappa shape index (κ1) is 26.4. The van der Waals surface area contributed by atoms with Gasteiger partial charge in [0.1, 0.15) is 11.6 Å². The molecule has 1 atom stereocenters. The van der Waals surface area contributed by atoms with Gasteiger partial charge in [-0.05, 0) is 46.8 Å². The molecule has 0 radical (unpaired) electrons. The van der Waals surface area contributed by atoms with E-state index in [1.165, 1.54) is 28.5 Å². The molecule has 1 aliphatic rings. The fourth-order valence-electron chi connectivity index (χ4n) is 4.98. The van der Waals surface area contributed by atoms with E-state index in [1.807, 2.05) is 52.4 Å². The van der Waals surface area contributed by atoms with Crippen molar-refractivity contribution in [1.82, 2.24) is 9.58 Å². The average Bonchev–Trinajstić information content (AvgIpc) is 3.70. The zero-order valence-electron chi connectivity index (χ0n) is 21.1. The summed E-state index contributed by atoms with van der Waals surface area (Å²) in [5.41, 5.74) is 2.93. The number of nitrogens with zero attached hydrogens (tertiary/aromatic N) is 3. The van der Waals surface area contributed by atoms with Crippen molar-refractivity contribution in [2.24, 2.45) is 5.10 Å². The molecule has 3 aromatic carbocycles. The molecule has 0 saturated heterocycles. The fraction of sp³-hybridized carbons (Fsp3) is 0.133. The summed E-state index contributed by atoms with van der Waals surface area (Å²) < 4.78 is 43.0. The Morgan fingerprint density at radius 2 is 1.75 bits per heavy atom. The molecule has 1 amide bonds. The number of benzene rings is 3. The van der Waals surface area contributed by atoms with Crippen molar-refractivity contribution >= 4 is 55.3 Å². The van der Waals surface area contributed by atoms with Crippen LogP contribution in [0.25, 0.3) is 10.9 Å². The number of carbonyl (C=O) groups excluding carboxylic acids is 1. The van der Waals surface area contributed by atoms with Crippen molar-refractivity contribution in [3.8, 4) is 0 Å². The molecule has 6 nitrogen and oxygen atoms in total.